The quantitative estimate of drug-likeness (QED) is 0.743. The van der Waals surface area contributed by atoms with E-state index in [-0.39, 0.29) is 32.7 Å². The summed E-state index contributed by atoms with van der Waals surface area (Å²) in [5.41, 5.74) is 0. The van der Waals surface area contributed by atoms with Crippen LogP contribution < -0.4 is 0 Å². The second kappa shape index (κ2) is 8.25. The Labute approximate surface area is 132 Å². The van der Waals surface area contributed by atoms with Gasteiger partial charge < -0.3 is 16.1 Å². The molecule has 0 spiro atoms. The Hall–Kier alpha value is 1.02. The number of hydrogen-bond acceptors (Lipinski definition) is 2. The van der Waals surface area contributed by atoms with Gasteiger partial charge in [-0.15, -0.1) is 0 Å². The molecule has 2 fully saturated rings. The summed E-state index contributed by atoms with van der Waals surface area (Å²) in [6.45, 7) is 7.03. The topological polar surface area (TPSA) is 12.5 Å². The van der Waals surface area contributed by atoms with Crippen LogP contribution in [0.25, 0.3) is 0 Å². The van der Waals surface area contributed by atoms with Gasteiger partial charge >= 0.3 is 0 Å². The first kappa shape index (κ1) is 16.1. The Morgan fingerprint density at radius 1 is 1.00 bits per heavy atom. The van der Waals surface area contributed by atoms with Crippen LogP contribution in [0, 0.1) is 6.42 Å². The zero-order valence-corrected chi connectivity index (χ0v) is 14.2. The minimum atomic E-state index is 0. The average Bonchev–Trinajstić information content (AvgIpc) is 2.31. The number of nitrogens with zero attached hydrogens (tertiary/aromatic N) is 1. The van der Waals surface area contributed by atoms with Crippen LogP contribution in [0.2, 0.25) is 0 Å². The molecule has 2 aliphatic rings. The molecule has 2 nitrogen and oxygen atoms in total. The van der Waals surface area contributed by atoms with Gasteiger partial charge in [0.15, 0.2) is 0 Å². The normalized spacial score (nSPS) is 24.9. The molecule has 0 unspecified atom stereocenters. The smallest absolute Gasteiger partial charge is 0.0603 e. The maximum Gasteiger partial charge on any atom is 0.0603 e. The number of piperidine rings is 1. The fourth-order valence-electron chi connectivity index (χ4n) is 2.83. The molecule has 1 saturated carbocycles. The van der Waals surface area contributed by atoms with Gasteiger partial charge in [0.05, 0.1) is 12.2 Å². The molecular formula is C14H26NOY-. The molecule has 0 bridgehead atoms. The summed E-state index contributed by atoms with van der Waals surface area (Å²) in [6, 6.07) is 0.699. The Bertz CT molecular complexity index is 196. The van der Waals surface area contributed by atoms with Crippen molar-refractivity contribution in [3.05, 3.63) is 6.42 Å². The van der Waals surface area contributed by atoms with Crippen molar-refractivity contribution < 1.29 is 37.4 Å². The SMILES string of the molecule is CC(C)N1CCC(OC2CC[CH-]CC2)CC1.[Y]. The second-order valence-corrected chi connectivity index (χ2v) is 5.53. The summed E-state index contributed by atoms with van der Waals surface area (Å²) in [4.78, 5) is 2.56. The maximum absolute atomic E-state index is 6.21. The van der Waals surface area contributed by atoms with E-state index in [2.05, 4.69) is 25.2 Å². The van der Waals surface area contributed by atoms with Crippen LogP contribution in [0.4, 0.5) is 0 Å². The zero-order valence-electron chi connectivity index (χ0n) is 11.4. The largest absolute Gasteiger partial charge is 0.375 e. The third-order valence-corrected chi connectivity index (χ3v) is 3.98. The van der Waals surface area contributed by atoms with Crippen molar-refractivity contribution in [3.8, 4) is 0 Å². The molecule has 97 valence electrons. The van der Waals surface area contributed by atoms with Gasteiger partial charge in [-0.1, -0.05) is 12.8 Å². The molecule has 0 aromatic heterocycles. The van der Waals surface area contributed by atoms with E-state index in [4.69, 9.17) is 4.74 Å². The molecular weight excluding hydrogens is 287 g/mol. The average molecular weight is 313 g/mol. The van der Waals surface area contributed by atoms with Crippen molar-refractivity contribution in [3.63, 3.8) is 0 Å². The molecule has 0 N–H and O–H groups in total. The molecule has 1 heterocycles. The summed E-state index contributed by atoms with van der Waals surface area (Å²) in [6.07, 6.45) is 11.0. The summed E-state index contributed by atoms with van der Waals surface area (Å²) >= 11 is 0. The van der Waals surface area contributed by atoms with Gasteiger partial charge in [0.25, 0.3) is 0 Å². The summed E-state index contributed by atoms with van der Waals surface area (Å²) < 4.78 is 6.21. The van der Waals surface area contributed by atoms with E-state index in [1.54, 1.807) is 0 Å². The first-order valence-electron chi connectivity index (χ1n) is 6.97. The van der Waals surface area contributed by atoms with Crippen LogP contribution in [0.3, 0.4) is 0 Å². The first-order chi connectivity index (χ1) is 7.75. The van der Waals surface area contributed by atoms with Gasteiger partial charge in [-0.2, -0.15) is 12.8 Å². The zero-order chi connectivity index (χ0) is 11.4. The second-order valence-electron chi connectivity index (χ2n) is 5.53. The van der Waals surface area contributed by atoms with Gasteiger partial charge in [-0.3, -0.25) is 0 Å². The van der Waals surface area contributed by atoms with E-state index in [1.807, 2.05) is 0 Å². The number of hydrogen-bond donors (Lipinski definition) is 0. The molecule has 0 aromatic carbocycles. The van der Waals surface area contributed by atoms with Crippen LogP contribution >= 0.6 is 0 Å². The molecule has 3 heteroatoms. The summed E-state index contributed by atoms with van der Waals surface area (Å²) in [5.74, 6) is 0. The number of likely N-dealkylation sites (tertiary alicyclic amines) is 1. The number of ether oxygens (including phenoxy) is 1. The van der Waals surface area contributed by atoms with Crippen LogP contribution in [-0.2, 0) is 37.4 Å². The Kier molecular flexibility index (Phi) is 7.80. The molecule has 0 aromatic rings. The minimum absolute atomic E-state index is 0. The van der Waals surface area contributed by atoms with E-state index in [9.17, 15) is 0 Å². The third-order valence-electron chi connectivity index (χ3n) is 3.98. The third kappa shape index (κ3) is 5.26. The Morgan fingerprint density at radius 2 is 1.53 bits per heavy atom. The van der Waals surface area contributed by atoms with Crippen LogP contribution in [0.15, 0.2) is 0 Å². The molecule has 0 amide bonds. The maximum atomic E-state index is 6.21. The predicted molar refractivity (Wildman–Crippen MR) is 67.4 cm³/mol. The van der Waals surface area contributed by atoms with E-state index in [0.717, 1.165) is 0 Å². The molecule has 17 heavy (non-hydrogen) atoms. The molecule has 0 atom stereocenters. The summed E-state index contributed by atoms with van der Waals surface area (Å²) in [7, 11) is 0. The summed E-state index contributed by atoms with van der Waals surface area (Å²) in [5, 5.41) is 0. The molecule has 2 rings (SSSR count). The van der Waals surface area contributed by atoms with Crippen molar-refractivity contribution >= 4 is 0 Å². The van der Waals surface area contributed by atoms with E-state index in [0.29, 0.717) is 18.2 Å². The van der Waals surface area contributed by atoms with Gasteiger partial charge in [0.2, 0.25) is 0 Å². The standard InChI is InChI=1S/C14H26NO.Y/c1-12(2)15-10-8-14(9-11-15)16-13-6-4-3-5-7-13;/h3,12-14H,4-11H2,1-2H3;/q-1;. The van der Waals surface area contributed by atoms with Crippen LogP contribution in [0.5, 0.6) is 0 Å². The van der Waals surface area contributed by atoms with E-state index >= 15 is 0 Å². The Balaban J connectivity index is 0.00000144. The van der Waals surface area contributed by atoms with Gasteiger partial charge in [0, 0.05) is 51.8 Å². The van der Waals surface area contributed by atoms with Crippen molar-refractivity contribution in [2.24, 2.45) is 0 Å². The fourth-order valence-corrected chi connectivity index (χ4v) is 2.83. The van der Waals surface area contributed by atoms with Crippen molar-refractivity contribution in [1.29, 1.82) is 0 Å². The van der Waals surface area contributed by atoms with Crippen molar-refractivity contribution in [1.82, 2.24) is 4.90 Å². The van der Waals surface area contributed by atoms with Crippen LogP contribution in [0.1, 0.15) is 52.4 Å². The molecule has 1 aliphatic heterocycles. The minimum Gasteiger partial charge on any atom is -0.375 e. The molecule has 1 aliphatic carbocycles. The van der Waals surface area contributed by atoms with Crippen molar-refractivity contribution in [2.75, 3.05) is 13.1 Å². The van der Waals surface area contributed by atoms with Gasteiger partial charge in [0.1, 0.15) is 0 Å². The molecule has 1 radical (unpaired) electrons. The van der Waals surface area contributed by atoms with Crippen molar-refractivity contribution in [2.45, 2.75) is 70.6 Å². The first-order valence-corrected chi connectivity index (χ1v) is 6.97. The fraction of sp³-hybridized carbons (Fsp3) is 0.929. The van der Waals surface area contributed by atoms with Crippen LogP contribution in [-0.4, -0.2) is 36.2 Å². The Morgan fingerprint density at radius 3 is 2.06 bits per heavy atom. The van der Waals surface area contributed by atoms with Gasteiger partial charge in [-0.05, 0) is 26.7 Å². The number of rotatable bonds is 3. The molecule has 1 saturated heterocycles. The van der Waals surface area contributed by atoms with E-state index in [1.165, 1.54) is 51.6 Å². The predicted octanol–water partition coefficient (Wildman–Crippen LogP) is 3.02. The van der Waals surface area contributed by atoms with Gasteiger partial charge in [-0.25, -0.2) is 0 Å². The monoisotopic (exact) mass is 313 g/mol. The van der Waals surface area contributed by atoms with E-state index < -0.39 is 0 Å².